The lowest BCUT2D eigenvalue weighted by Gasteiger charge is -1.98. The van der Waals surface area contributed by atoms with Crippen molar-refractivity contribution in [3.05, 3.63) is 24.3 Å². The number of unbranched alkanes of at least 4 members (excludes halogenated alkanes) is 6. The molecule has 132 valence electrons. The van der Waals surface area contributed by atoms with E-state index in [2.05, 4.69) is 6.92 Å². The summed E-state index contributed by atoms with van der Waals surface area (Å²) in [5.41, 5.74) is 0. The Morgan fingerprint density at radius 3 is 2.65 bits per heavy atom. The van der Waals surface area contributed by atoms with Gasteiger partial charge in [0.15, 0.2) is 0 Å². The average molecular weight is 324 g/mol. The summed E-state index contributed by atoms with van der Waals surface area (Å²) in [5.74, 6) is -0.730. The summed E-state index contributed by atoms with van der Waals surface area (Å²) in [7, 11) is 0. The Hall–Kier alpha value is -1.13. The monoisotopic (exact) mass is 324 g/mol. The molecule has 0 aromatic carbocycles. The van der Waals surface area contributed by atoms with Crippen molar-refractivity contribution in [2.75, 3.05) is 0 Å². The zero-order valence-electron chi connectivity index (χ0n) is 14.3. The molecule has 3 atom stereocenters. The highest BCUT2D eigenvalue weighted by Crippen LogP contribution is 2.28. The highest BCUT2D eigenvalue weighted by atomic mass is 16.6. The lowest BCUT2D eigenvalue weighted by atomic mass is 10.1. The van der Waals surface area contributed by atoms with Gasteiger partial charge in [0.1, 0.15) is 6.10 Å². The van der Waals surface area contributed by atoms with Gasteiger partial charge in [-0.15, -0.1) is 0 Å². The van der Waals surface area contributed by atoms with E-state index in [1.54, 1.807) is 12.2 Å². The minimum Gasteiger partial charge on any atom is -0.481 e. The van der Waals surface area contributed by atoms with E-state index in [0.29, 0.717) is 6.10 Å². The summed E-state index contributed by atoms with van der Waals surface area (Å²) >= 11 is 0. The van der Waals surface area contributed by atoms with Crippen LogP contribution in [0.1, 0.15) is 71.1 Å². The fourth-order valence-corrected chi connectivity index (χ4v) is 2.57. The highest BCUT2D eigenvalue weighted by molar-refractivity contribution is 5.66. The van der Waals surface area contributed by atoms with Crippen molar-refractivity contribution >= 4 is 5.97 Å². The predicted octanol–water partition coefficient (Wildman–Crippen LogP) is 4.23. The van der Waals surface area contributed by atoms with Crippen molar-refractivity contribution in [3.8, 4) is 0 Å². The van der Waals surface area contributed by atoms with E-state index < -0.39 is 12.1 Å². The van der Waals surface area contributed by atoms with Crippen LogP contribution in [0.5, 0.6) is 0 Å². The Kier molecular flexibility index (Phi) is 10.7. The maximum absolute atomic E-state index is 10.4. The largest absolute Gasteiger partial charge is 0.481 e. The van der Waals surface area contributed by atoms with Crippen LogP contribution in [0.15, 0.2) is 24.3 Å². The number of carboxylic acid groups (broad SMARTS) is 1. The second-order valence-corrected chi connectivity index (χ2v) is 6.29. The van der Waals surface area contributed by atoms with Crippen molar-refractivity contribution in [1.82, 2.24) is 0 Å². The van der Waals surface area contributed by atoms with Gasteiger partial charge < -0.3 is 14.9 Å². The molecule has 3 unspecified atom stereocenters. The number of aliphatic hydroxyl groups excluding tert-OH is 1. The van der Waals surface area contributed by atoms with Crippen LogP contribution in [0, 0.1) is 0 Å². The molecule has 2 N–H and O–H groups in total. The Labute approximate surface area is 140 Å². The van der Waals surface area contributed by atoms with Crippen molar-refractivity contribution in [2.24, 2.45) is 0 Å². The maximum Gasteiger partial charge on any atom is 0.303 e. The molecular formula is C19H32O4. The zero-order valence-corrected chi connectivity index (χ0v) is 14.3. The molecule has 0 radical (unpaired) electrons. The van der Waals surface area contributed by atoms with Crippen LogP contribution in [-0.2, 0) is 9.53 Å². The van der Waals surface area contributed by atoms with Gasteiger partial charge in [-0.3, -0.25) is 4.79 Å². The third-order valence-corrected chi connectivity index (χ3v) is 4.06. The van der Waals surface area contributed by atoms with Gasteiger partial charge in [0.2, 0.25) is 0 Å². The molecule has 1 heterocycles. The Morgan fingerprint density at radius 1 is 1.13 bits per heavy atom. The summed E-state index contributed by atoms with van der Waals surface area (Å²) in [5, 5.41) is 18.4. The highest BCUT2D eigenvalue weighted by Gasteiger charge is 2.35. The number of hydrogen-bond donors (Lipinski definition) is 2. The van der Waals surface area contributed by atoms with Crippen LogP contribution in [0.3, 0.4) is 0 Å². The Bertz CT molecular complexity index is 376. The van der Waals surface area contributed by atoms with Gasteiger partial charge in [-0.2, -0.15) is 0 Å². The van der Waals surface area contributed by atoms with E-state index in [1.165, 1.54) is 25.7 Å². The summed E-state index contributed by atoms with van der Waals surface area (Å²) in [4.78, 5) is 10.4. The second kappa shape index (κ2) is 12.3. The molecule has 0 spiro atoms. The van der Waals surface area contributed by atoms with E-state index in [1.807, 2.05) is 12.2 Å². The van der Waals surface area contributed by atoms with Crippen LogP contribution in [0.2, 0.25) is 0 Å². The van der Waals surface area contributed by atoms with Crippen molar-refractivity contribution in [1.29, 1.82) is 0 Å². The van der Waals surface area contributed by atoms with Gasteiger partial charge >= 0.3 is 5.97 Å². The molecule has 1 saturated heterocycles. The fraction of sp³-hybridized carbons (Fsp3) is 0.737. The van der Waals surface area contributed by atoms with Gasteiger partial charge in [0, 0.05) is 6.42 Å². The maximum atomic E-state index is 10.4. The lowest BCUT2D eigenvalue weighted by molar-refractivity contribution is -0.137. The second-order valence-electron chi connectivity index (χ2n) is 6.29. The molecule has 0 aromatic rings. The van der Waals surface area contributed by atoms with Crippen LogP contribution in [0.4, 0.5) is 0 Å². The van der Waals surface area contributed by atoms with E-state index in [4.69, 9.17) is 9.84 Å². The van der Waals surface area contributed by atoms with Crippen LogP contribution < -0.4 is 0 Å². The number of aliphatic hydroxyl groups is 1. The van der Waals surface area contributed by atoms with Crippen molar-refractivity contribution < 1.29 is 19.7 Å². The van der Waals surface area contributed by atoms with Gasteiger partial charge in [-0.25, -0.2) is 0 Å². The number of allylic oxidation sites excluding steroid dienone is 1. The molecule has 0 bridgehead atoms. The Balaban J connectivity index is 2.00. The first kappa shape index (κ1) is 19.9. The minimum absolute atomic E-state index is 0.190. The lowest BCUT2D eigenvalue weighted by Crippen LogP contribution is -1.98. The molecule has 1 rings (SSSR count). The SMILES string of the molecule is CCCCCCC1OC1C=CC(O)C=CCCCCCC(=O)O. The number of carboxylic acids is 1. The quantitative estimate of drug-likeness (QED) is 0.285. The third kappa shape index (κ3) is 11.1. The van der Waals surface area contributed by atoms with E-state index >= 15 is 0 Å². The molecular weight excluding hydrogens is 292 g/mol. The predicted molar refractivity (Wildman–Crippen MR) is 92.4 cm³/mol. The Morgan fingerprint density at radius 2 is 1.91 bits per heavy atom. The van der Waals surface area contributed by atoms with Crippen LogP contribution in [0.25, 0.3) is 0 Å². The summed E-state index contributed by atoms with van der Waals surface area (Å²) in [6.07, 6.45) is 17.4. The molecule has 1 aliphatic heterocycles. The number of epoxide rings is 1. The van der Waals surface area contributed by atoms with E-state index in [-0.39, 0.29) is 12.5 Å². The van der Waals surface area contributed by atoms with Crippen molar-refractivity contribution in [2.45, 2.75) is 89.4 Å². The molecule has 4 heteroatoms. The zero-order chi connectivity index (χ0) is 16.9. The summed E-state index contributed by atoms with van der Waals surface area (Å²) in [6.45, 7) is 2.21. The van der Waals surface area contributed by atoms with Crippen LogP contribution in [-0.4, -0.2) is 34.5 Å². The molecule has 4 nitrogen and oxygen atoms in total. The average Bonchev–Trinajstić information content (AvgIpc) is 3.27. The van der Waals surface area contributed by atoms with Gasteiger partial charge in [-0.05, 0) is 25.7 Å². The first-order valence-electron chi connectivity index (χ1n) is 9.03. The summed E-state index contributed by atoms with van der Waals surface area (Å²) < 4.78 is 5.57. The smallest absolute Gasteiger partial charge is 0.303 e. The number of carbonyl (C=O) groups is 1. The number of hydrogen-bond acceptors (Lipinski definition) is 3. The fourth-order valence-electron chi connectivity index (χ4n) is 2.57. The first-order valence-corrected chi connectivity index (χ1v) is 9.03. The topological polar surface area (TPSA) is 70.1 Å². The molecule has 0 aromatic heterocycles. The first-order chi connectivity index (χ1) is 11.1. The number of rotatable bonds is 14. The van der Waals surface area contributed by atoms with Gasteiger partial charge in [0.05, 0.1) is 12.2 Å². The van der Waals surface area contributed by atoms with Gasteiger partial charge in [-0.1, -0.05) is 63.3 Å². The molecule has 1 aliphatic rings. The minimum atomic E-state index is -0.730. The normalized spacial score (nSPS) is 22.0. The number of ether oxygens (including phenoxy) is 1. The molecule has 0 amide bonds. The molecule has 23 heavy (non-hydrogen) atoms. The molecule has 0 saturated carbocycles. The van der Waals surface area contributed by atoms with Gasteiger partial charge in [0.25, 0.3) is 0 Å². The van der Waals surface area contributed by atoms with E-state index in [9.17, 15) is 9.90 Å². The van der Waals surface area contributed by atoms with Crippen molar-refractivity contribution in [3.63, 3.8) is 0 Å². The standard InChI is InChI=1S/C19H32O4/c1-2-3-4-9-12-17-18(23-17)15-14-16(20)11-8-6-5-7-10-13-19(21)22/h8,11,14-18,20H,2-7,9-10,12-13H2,1H3,(H,21,22). The molecule has 1 fully saturated rings. The van der Waals surface area contributed by atoms with E-state index in [0.717, 1.165) is 32.1 Å². The van der Waals surface area contributed by atoms with Crippen LogP contribution >= 0.6 is 0 Å². The summed E-state index contributed by atoms with van der Waals surface area (Å²) in [6, 6.07) is 0. The third-order valence-electron chi connectivity index (χ3n) is 4.06. The number of aliphatic carboxylic acids is 1. The molecule has 0 aliphatic carbocycles.